The first-order chi connectivity index (χ1) is 6.97. The molecular weight excluding hydrogens is 202 g/mol. The highest BCUT2D eigenvalue weighted by atomic mass is 32.2. The molecule has 0 amide bonds. The summed E-state index contributed by atoms with van der Waals surface area (Å²) in [6.07, 6.45) is 0. The molecule has 0 radical (unpaired) electrons. The maximum atomic E-state index is 5.60. The first-order valence-corrected chi connectivity index (χ1v) is 6.44. The summed E-state index contributed by atoms with van der Waals surface area (Å²) in [5.74, 6) is 1.06. The highest BCUT2D eigenvalue weighted by Crippen LogP contribution is 2.27. The lowest BCUT2D eigenvalue weighted by Gasteiger charge is -2.17. The van der Waals surface area contributed by atoms with Crippen molar-refractivity contribution in [2.75, 3.05) is 5.73 Å². The SMILES string of the molecule is CC.CC(C)(C)SCc1ccc(N)cc1. The Labute approximate surface area is 98.5 Å². The van der Waals surface area contributed by atoms with E-state index < -0.39 is 0 Å². The summed E-state index contributed by atoms with van der Waals surface area (Å²) in [4.78, 5) is 0. The number of thioether (sulfide) groups is 1. The van der Waals surface area contributed by atoms with Gasteiger partial charge in [-0.15, -0.1) is 0 Å². The lowest BCUT2D eigenvalue weighted by atomic mass is 10.2. The van der Waals surface area contributed by atoms with Gasteiger partial charge >= 0.3 is 0 Å². The van der Waals surface area contributed by atoms with Crippen molar-refractivity contribution in [3.05, 3.63) is 29.8 Å². The van der Waals surface area contributed by atoms with Crippen molar-refractivity contribution < 1.29 is 0 Å². The van der Waals surface area contributed by atoms with Gasteiger partial charge < -0.3 is 5.73 Å². The minimum absolute atomic E-state index is 0.335. The molecule has 0 fully saturated rings. The Morgan fingerprint density at radius 1 is 1.07 bits per heavy atom. The van der Waals surface area contributed by atoms with Gasteiger partial charge in [-0.05, 0) is 17.7 Å². The smallest absolute Gasteiger partial charge is 0.0314 e. The van der Waals surface area contributed by atoms with Crippen LogP contribution >= 0.6 is 11.8 Å². The van der Waals surface area contributed by atoms with Gasteiger partial charge in [0, 0.05) is 16.2 Å². The third-order valence-electron chi connectivity index (χ3n) is 1.65. The molecular formula is C13H23NS. The molecule has 0 saturated carbocycles. The van der Waals surface area contributed by atoms with Gasteiger partial charge in [0.25, 0.3) is 0 Å². The van der Waals surface area contributed by atoms with Crippen molar-refractivity contribution in [3.63, 3.8) is 0 Å². The van der Waals surface area contributed by atoms with Crippen molar-refractivity contribution in [3.8, 4) is 0 Å². The van der Waals surface area contributed by atoms with Crippen molar-refractivity contribution in [2.24, 2.45) is 0 Å². The highest BCUT2D eigenvalue weighted by Gasteiger charge is 2.09. The van der Waals surface area contributed by atoms with E-state index in [2.05, 4.69) is 32.9 Å². The van der Waals surface area contributed by atoms with Gasteiger partial charge in [0.1, 0.15) is 0 Å². The van der Waals surface area contributed by atoms with Crippen LogP contribution in [0.2, 0.25) is 0 Å². The summed E-state index contributed by atoms with van der Waals surface area (Å²) in [6, 6.07) is 8.10. The molecule has 0 atom stereocenters. The van der Waals surface area contributed by atoms with E-state index >= 15 is 0 Å². The molecule has 2 N–H and O–H groups in total. The highest BCUT2D eigenvalue weighted by molar-refractivity contribution is 7.99. The van der Waals surface area contributed by atoms with E-state index in [1.54, 1.807) is 0 Å². The number of benzene rings is 1. The molecule has 0 aliphatic carbocycles. The number of rotatable bonds is 2. The second kappa shape index (κ2) is 6.78. The number of anilines is 1. The fourth-order valence-electron chi connectivity index (χ4n) is 0.914. The first-order valence-electron chi connectivity index (χ1n) is 5.46. The third-order valence-corrected chi connectivity index (χ3v) is 3.00. The Kier molecular flexibility index (Phi) is 6.50. The van der Waals surface area contributed by atoms with Crippen LogP contribution in [0.25, 0.3) is 0 Å². The molecule has 0 aliphatic heterocycles. The van der Waals surface area contributed by atoms with E-state index in [1.165, 1.54) is 5.56 Å². The summed E-state index contributed by atoms with van der Waals surface area (Å²) in [7, 11) is 0. The third kappa shape index (κ3) is 7.32. The fourth-order valence-corrected chi connectivity index (χ4v) is 1.71. The molecule has 1 nitrogen and oxygen atoms in total. The largest absolute Gasteiger partial charge is 0.399 e. The second-order valence-electron chi connectivity index (χ2n) is 4.14. The van der Waals surface area contributed by atoms with E-state index in [0.717, 1.165) is 11.4 Å². The molecule has 0 saturated heterocycles. The molecule has 0 heterocycles. The van der Waals surface area contributed by atoms with Crippen LogP contribution in [-0.4, -0.2) is 4.75 Å². The minimum atomic E-state index is 0.335. The lowest BCUT2D eigenvalue weighted by molar-refractivity contribution is 0.802. The average Bonchev–Trinajstić information content (AvgIpc) is 2.19. The summed E-state index contributed by atoms with van der Waals surface area (Å²) < 4.78 is 0.335. The molecule has 0 aromatic heterocycles. The van der Waals surface area contributed by atoms with Crippen LogP contribution in [0.1, 0.15) is 40.2 Å². The molecule has 15 heavy (non-hydrogen) atoms. The van der Waals surface area contributed by atoms with E-state index in [1.807, 2.05) is 37.7 Å². The molecule has 0 unspecified atom stereocenters. The zero-order valence-electron chi connectivity index (χ0n) is 10.5. The molecule has 0 aliphatic rings. The van der Waals surface area contributed by atoms with Crippen molar-refractivity contribution >= 4 is 17.4 Å². The topological polar surface area (TPSA) is 26.0 Å². The normalized spacial score (nSPS) is 10.5. The van der Waals surface area contributed by atoms with E-state index in [-0.39, 0.29) is 0 Å². The van der Waals surface area contributed by atoms with Crippen LogP contribution in [-0.2, 0) is 5.75 Å². The zero-order chi connectivity index (χ0) is 11.9. The fraction of sp³-hybridized carbons (Fsp3) is 0.538. The van der Waals surface area contributed by atoms with E-state index in [4.69, 9.17) is 5.73 Å². The monoisotopic (exact) mass is 225 g/mol. The summed E-state index contributed by atoms with van der Waals surface area (Å²) in [5.41, 5.74) is 7.78. The molecule has 2 heteroatoms. The van der Waals surface area contributed by atoms with Crippen LogP contribution in [0.15, 0.2) is 24.3 Å². The summed E-state index contributed by atoms with van der Waals surface area (Å²) >= 11 is 1.95. The Morgan fingerprint density at radius 2 is 1.53 bits per heavy atom. The Hall–Kier alpha value is -0.630. The molecule has 86 valence electrons. The molecule has 1 rings (SSSR count). The zero-order valence-corrected chi connectivity index (χ0v) is 11.3. The Morgan fingerprint density at radius 3 is 1.93 bits per heavy atom. The maximum Gasteiger partial charge on any atom is 0.0314 e. The quantitative estimate of drug-likeness (QED) is 0.758. The van der Waals surface area contributed by atoms with Crippen LogP contribution in [0.5, 0.6) is 0 Å². The van der Waals surface area contributed by atoms with Gasteiger partial charge in [-0.25, -0.2) is 0 Å². The van der Waals surface area contributed by atoms with Gasteiger partial charge in [-0.2, -0.15) is 11.8 Å². The van der Waals surface area contributed by atoms with Gasteiger partial charge in [0.05, 0.1) is 0 Å². The van der Waals surface area contributed by atoms with Crippen molar-refractivity contribution in [1.82, 2.24) is 0 Å². The predicted octanol–water partition coefficient (Wildman–Crippen LogP) is 4.33. The van der Waals surface area contributed by atoms with Crippen LogP contribution in [0, 0.1) is 0 Å². The van der Waals surface area contributed by atoms with Crippen LogP contribution in [0.4, 0.5) is 5.69 Å². The molecule has 0 spiro atoms. The van der Waals surface area contributed by atoms with E-state index in [0.29, 0.717) is 4.75 Å². The Balaban J connectivity index is 0.000000921. The number of nitrogen functional groups attached to an aromatic ring is 1. The van der Waals surface area contributed by atoms with Gasteiger partial charge in [0.2, 0.25) is 0 Å². The molecule has 0 bridgehead atoms. The lowest BCUT2D eigenvalue weighted by Crippen LogP contribution is -2.07. The van der Waals surface area contributed by atoms with Crippen LogP contribution < -0.4 is 5.73 Å². The second-order valence-corrected chi connectivity index (χ2v) is 5.94. The number of hydrogen-bond acceptors (Lipinski definition) is 2. The van der Waals surface area contributed by atoms with Gasteiger partial charge in [-0.3, -0.25) is 0 Å². The number of nitrogens with two attached hydrogens (primary N) is 1. The van der Waals surface area contributed by atoms with Gasteiger partial charge in [-0.1, -0.05) is 46.8 Å². The maximum absolute atomic E-state index is 5.60. The Bertz CT molecular complexity index is 259. The predicted molar refractivity (Wildman–Crippen MR) is 73.3 cm³/mol. The number of hydrogen-bond donors (Lipinski definition) is 1. The van der Waals surface area contributed by atoms with Crippen molar-refractivity contribution in [2.45, 2.75) is 45.1 Å². The molecule has 1 aromatic rings. The van der Waals surface area contributed by atoms with Gasteiger partial charge in [0.15, 0.2) is 0 Å². The minimum Gasteiger partial charge on any atom is -0.399 e. The first kappa shape index (κ1) is 14.4. The molecule has 1 aromatic carbocycles. The average molecular weight is 225 g/mol. The van der Waals surface area contributed by atoms with E-state index in [9.17, 15) is 0 Å². The van der Waals surface area contributed by atoms with Crippen LogP contribution in [0.3, 0.4) is 0 Å². The summed E-state index contributed by atoms with van der Waals surface area (Å²) in [5, 5.41) is 0. The summed E-state index contributed by atoms with van der Waals surface area (Å²) in [6.45, 7) is 10.7. The van der Waals surface area contributed by atoms with Crippen molar-refractivity contribution in [1.29, 1.82) is 0 Å². The standard InChI is InChI=1S/C11H17NS.C2H6/c1-11(2,3)13-8-9-4-6-10(12)7-5-9;1-2/h4-7H,8,12H2,1-3H3;1-2H3.